The lowest BCUT2D eigenvalue weighted by Gasteiger charge is -2.33. The molecule has 0 radical (unpaired) electrons. The summed E-state index contributed by atoms with van der Waals surface area (Å²) in [6.07, 6.45) is 4.77. The molecule has 2 aromatic heterocycles. The van der Waals surface area contributed by atoms with Crippen LogP contribution in [-0.4, -0.2) is 52.6 Å². The number of amides is 1. The molecule has 2 aromatic carbocycles. The molecule has 9 heteroatoms. The number of likely N-dealkylation sites (tertiary alicyclic amines) is 1. The first-order chi connectivity index (χ1) is 20.7. The summed E-state index contributed by atoms with van der Waals surface area (Å²) in [5.41, 5.74) is 5.53. The van der Waals surface area contributed by atoms with Gasteiger partial charge in [-0.1, -0.05) is 42.3 Å². The van der Waals surface area contributed by atoms with Crippen molar-refractivity contribution in [2.24, 2.45) is 0 Å². The zero-order chi connectivity index (χ0) is 30.2. The fourth-order valence-electron chi connectivity index (χ4n) is 6.07. The van der Waals surface area contributed by atoms with Crippen LogP contribution in [-0.2, 0) is 6.42 Å². The maximum Gasteiger partial charge on any atom is 0.265 e. The van der Waals surface area contributed by atoms with Crippen LogP contribution < -0.4 is 15.6 Å². The molecular formula is C34H35ClN4O3S. The Morgan fingerprint density at radius 2 is 1.84 bits per heavy atom. The van der Waals surface area contributed by atoms with Gasteiger partial charge in [0.1, 0.15) is 10.8 Å². The topological polar surface area (TPSA) is 76.5 Å². The molecule has 2 atom stereocenters. The van der Waals surface area contributed by atoms with Crippen molar-refractivity contribution in [3.63, 3.8) is 0 Å². The summed E-state index contributed by atoms with van der Waals surface area (Å²) in [5.74, 6) is 0.565. The van der Waals surface area contributed by atoms with E-state index in [1.807, 2.05) is 72.7 Å². The van der Waals surface area contributed by atoms with Crippen molar-refractivity contribution >= 4 is 34.9 Å². The van der Waals surface area contributed by atoms with Crippen molar-refractivity contribution in [2.45, 2.75) is 52.1 Å². The number of nitrogens with zero attached hydrogens (tertiary/aromatic N) is 3. The van der Waals surface area contributed by atoms with Gasteiger partial charge in [0.2, 0.25) is 0 Å². The summed E-state index contributed by atoms with van der Waals surface area (Å²) in [6.45, 7) is 7.31. The Morgan fingerprint density at radius 3 is 2.49 bits per heavy atom. The van der Waals surface area contributed by atoms with Gasteiger partial charge in [0.25, 0.3) is 11.5 Å². The van der Waals surface area contributed by atoms with Crippen LogP contribution in [0.25, 0.3) is 33.6 Å². The first-order valence-corrected chi connectivity index (χ1v) is 15.9. The van der Waals surface area contributed by atoms with Gasteiger partial charge in [-0.3, -0.25) is 14.2 Å². The van der Waals surface area contributed by atoms with Crippen LogP contribution in [0.2, 0.25) is 5.02 Å². The number of pyridine rings is 1. The van der Waals surface area contributed by atoms with E-state index in [0.29, 0.717) is 69.9 Å². The third-order valence-electron chi connectivity index (χ3n) is 8.19. The minimum absolute atomic E-state index is 0.0728. The van der Waals surface area contributed by atoms with Crippen molar-refractivity contribution in [3.05, 3.63) is 91.7 Å². The van der Waals surface area contributed by atoms with Crippen LogP contribution in [0, 0.1) is 0 Å². The molecule has 2 fully saturated rings. The van der Waals surface area contributed by atoms with Crippen molar-refractivity contribution in [3.8, 4) is 33.3 Å². The molecular weight excluding hydrogens is 580 g/mol. The van der Waals surface area contributed by atoms with Gasteiger partial charge in [0.05, 0.1) is 35.3 Å². The quantitative estimate of drug-likeness (QED) is 0.246. The number of hydrogen-bond acceptors (Lipinski definition) is 6. The molecule has 0 saturated carbocycles. The Balaban J connectivity index is 1.60. The van der Waals surface area contributed by atoms with Gasteiger partial charge in [0.15, 0.2) is 0 Å². The van der Waals surface area contributed by atoms with Gasteiger partial charge < -0.3 is 15.0 Å². The Morgan fingerprint density at radius 1 is 1.12 bits per heavy atom. The average Bonchev–Trinajstić information content (AvgIpc) is 3.62. The molecule has 2 aliphatic rings. The summed E-state index contributed by atoms with van der Waals surface area (Å²) in [4.78, 5) is 35.9. The molecule has 1 N–H and O–H groups in total. The van der Waals surface area contributed by atoms with Gasteiger partial charge in [0, 0.05) is 47.2 Å². The summed E-state index contributed by atoms with van der Waals surface area (Å²) in [6, 6.07) is 15.6. The molecule has 7 nitrogen and oxygen atoms in total. The van der Waals surface area contributed by atoms with Gasteiger partial charge in [-0.2, -0.15) is 0 Å². The third-order valence-corrected chi connectivity index (χ3v) is 9.31. The Bertz CT molecular complexity index is 1760. The summed E-state index contributed by atoms with van der Waals surface area (Å²) in [7, 11) is 1.61. The van der Waals surface area contributed by atoms with E-state index in [1.165, 1.54) is 11.3 Å². The lowest BCUT2D eigenvalue weighted by molar-refractivity contribution is 0.0696. The predicted octanol–water partition coefficient (Wildman–Crippen LogP) is 6.85. The highest BCUT2D eigenvalue weighted by atomic mass is 35.5. The summed E-state index contributed by atoms with van der Waals surface area (Å²) < 4.78 is 7.27. The minimum Gasteiger partial charge on any atom is -0.497 e. The fourth-order valence-corrected chi connectivity index (χ4v) is 7.03. The number of halogens is 1. The van der Waals surface area contributed by atoms with Crippen LogP contribution in [0.15, 0.2) is 64.3 Å². The highest BCUT2D eigenvalue weighted by Gasteiger charge is 2.36. The second-order valence-corrected chi connectivity index (χ2v) is 12.8. The number of carbonyl (C=O) groups excluding carboxylic acids is 1. The lowest BCUT2D eigenvalue weighted by atomic mass is 10.0. The van der Waals surface area contributed by atoms with Gasteiger partial charge in [-0.05, 0) is 69.0 Å². The number of nitrogens with one attached hydrogen (secondary N) is 1. The lowest BCUT2D eigenvalue weighted by Crippen LogP contribution is -2.53. The molecule has 222 valence electrons. The largest absolute Gasteiger partial charge is 0.497 e. The molecule has 1 amide bonds. The Kier molecular flexibility index (Phi) is 8.27. The molecule has 43 heavy (non-hydrogen) atoms. The number of fused-ring (bicyclic) bond motifs is 2. The van der Waals surface area contributed by atoms with Gasteiger partial charge in [-0.15, -0.1) is 11.3 Å². The van der Waals surface area contributed by atoms with E-state index in [2.05, 4.69) is 12.2 Å². The van der Waals surface area contributed by atoms with E-state index in [0.717, 1.165) is 35.2 Å². The third kappa shape index (κ3) is 5.79. The van der Waals surface area contributed by atoms with Crippen molar-refractivity contribution in [2.75, 3.05) is 20.2 Å². The van der Waals surface area contributed by atoms with E-state index in [9.17, 15) is 9.59 Å². The first-order valence-electron chi connectivity index (χ1n) is 14.6. The van der Waals surface area contributed by atoms with Gasteiger partial charge in [-0.25, -0.2) is 4.98 Å². The number of ether oxygens (including phenoxy) is 1. The number of thiazole rings is 1. The predicted molar refractivity (Wildman–Crippen MR) is 175 cm³/mol. The monoisotopic (exact) mass is 614 g/mol. The van der Waals surface area contributed by atoms with Gasteiger partial charge >= 0.3 is 0 Å². The second kappa shape index (κ2) is 12.1. The molecule has 0 aliphatic carbocycles. The number of hydrogen-bond donors (Lipinski definition) is 1. The highest BCUT2D eigenvalue weighted by molar-refractivity contribution is 7.13. The van der Waals surface area contributed by atoms with Crippen molar-refractivity contribution in [1.29, 1.82) is 0 Å². The maximum atomic E-state index is 14.6. The molecule has 6 rings (SSSR count). The van der Waals surface area contributed by atoms with E-state index in [4.69, 9.17) is 21.3 Å². The fraction of sp³-hybridized carbons (Fsp3) is 0.324. The number of aryl methyl sites for hydroxylation is 1. The molecule has 2 bridgehead atoms. The summed E-state index contributed by atoms with van der Waals surface area (Å²) in [5, 5.41) is 6.75. The molecule has 2 saturated heterocycles. The van der Waals surface area contributed by atoms with Crippen LogP contribution in [0.3, 0.4) is 0 Å². The highest BCUT2D eigenvalue weighted by Crippen LogP contribution is 2.32. The zero-order valence-electron chi connectivity index (χ0n) is 24.8. The van der Waals surface area contributed by atoms with E-state index < -0.39 is 0 Å². The zero-order valence-corrected chi connectivity index (χ0v) is 26.4. The standard InChI is InChI=1S/C34H35ClN4O3S/c1-5-21-8-13-26(42-4)15-30(21)39-31(14-20(2)3)27(33(40)38-17-24-11-12-25(18-38)36-24)16-28(34(39)41)32-37-29(19-43-32)22-6-9-23(35)10-7-22/h6-10,13-16,19,24-25,36H,5,11-12,17-18H2,1-4H3. The average molecular weight is 615 g/mol. The van der Waals surface area contributed by atoms with Crippen LogP contribution in [0.5, 0.6) is 5.75 Å². The van der Waals surface area contributed by atoms with E-state index >= 15 is 0 Å². The van der Waals surface area contributed by atoms with E-state index in [-0.39, 0.29) is 11.5 Å². The normalized spacial score (nSPS) is 17.7. The molecule has 0 spiro atoms. The second-order valence-electron chi connectivity index (χ2n) is 11.5. The minimum atomic E-state index is -0.232. The smallest absolute Gasteiger partial charge is 0.265 e. The molecule has 2 aliphatic heterocycles. The van der Waals surface area contributed by atoms with Crippen molar-refractivity contribution < 1.29 is 9.53 Å². The van der Waals surface area contributed by atoms with Crippen LogP contribution in [0.1, 0.15) is 55.2 Å². The number of carbonyl (C=O) groups is 1. The number of methoxy groups -OCH3 is 1. The number of benzene rings is 2. The van der Waals surface area contributed by atoms with E-state index in [1.54, 1.807) is 17.7 Å². The van der Waals surface area contributed by atoms with Crippen LogP contribution in [0.4, 0.5) is 0 Å². The Labute approximate surface area is 260 Å². The number of aromatic nitrogens is 2. The maximum absolute atomic E-state index is 14.6. The molecule has 4 heterocycles. The number of piperazine rings is 1. The SMILES string of the molecule is CCc1ccc(OC)cc1-n1c(C=C(C)C)c(C(=O)N2CC3CCC(C2)N3)cc(-c2nc(-c3ccc(Cl)cc3)cs2)c1=O. The Hall–Kier alpha value is -3.72. The van der Waals surface area contributed by atoms with Crippen LogP contribution >= 0.6 is 22.9 Å². The van der Waals surface area contributed by atoms with Crippen molar-refractivity contribution in [1.82, 2.24) is 19.8 Å². The number of rotatable bonds is 7. The summed E-state index contributed by atoms with van der Waals surface area (Å²) >= 11 is 7.50. The molecule has 2 unspecified atom stereocenters. The number of allylic oxidation sites excluding steroid dienone is 1. The first kappa shape index (κ1) is 29.4. The molecule has 4 aromatic rings.